The molecule has 1 aliphatic heterocycles. The van der Waals surface area contributed by atoms with Crippen molar-refractivity contribution in [2.75, 3.05) is 32.0 Å². The van der Waals surface area contributed by atoms with Crippen LogP contribution >= 0.6 is 0 Å². The topological polar surface area (TPSA) is 119 Å². The molecule has 132 valence electrons. The van der Waals surface area contributed by atoms with Crippen molar-refractivity contribution in [1.29, 1.82) is 10.5 Å². The number of likely N-dealkylation sites (tertiary alicyclic amines) is 1. The number of anilines is 1. The normalized spacial score (nSPS) is 13.9. The van der Waals surface area contributed by atoms with E-state index in [1.54, 1.807) is 24.3 Å². The van der Waals surface area contributed by atoms with Crippen molar-refractivity contribution in [3.05, 3.63) is 45.7 Å². The molecule has 2 aromatic rings. The van der Waals surface area contributed by atoms with E-state index >= 15 is 0 Å². The highest BCUT2D eigenvalue weighted by Gasteiger charge is 2.18. The third kappa shape index (κ3) is 3.53. The second-order valence-corrected chi connectivity index (χ2v) is 6.14. The van der Waals surface area contributed by atoms with Gasteiger partial charge in [-0.05, 0) is 43.6 Å². The summed E-state index contributed by atoms with van der Waals surface area (Å²) in [6.45, 7) is 3.74. The van der Waals surface area contributed by atoms with Gasteiger partial charge in [0.25, 0.3) is 5.56 Å². The zero-order chi connectivity index (χ0) is 18.5. The van der Waals surface area contributed by atoms with E-state index in [2.05, 4.69) is 9.88 Å². The smallest absolute Gasteiger partial charge is 0.268 e. The van der Waals surface area contributed by atoms with E-state index in [0.717, 1.165) is 19.6 Å². The summed E-state index contributed by atoms with van der Waals surface area (Å²) in [6, 6.07) is 10.8. The molecule has 0 amide bonds. The van der Waals surface area contributed by atoms with Crippen LogP contribution in [0.2, 0.25) is 0 Å². The van der Waals surface area contributed by atoms with E-state index < -0.39 is 5.56 Å². The van der Waals surface area contributed by atoms with E-state index in [0.29, 0.717) is 17.9 Å². The van der Waals surface area contributed by atoms with Crippen LogP contribution in [0.15, 0.2) is 29.1 Å². The number of nitriles is 2. The lowest BCUT2D eigenvalue weighted by Gasteiger charge is -2.15. The highest BCUT2D eigenvalue weighted by molar-refractivity contribution is 5.80. The van der Waals surface area contributed by atoms with Gasteiger partial charge in [0.1, 0.15) is 41.4 Å². The molecule has 1 saturated heterocycles. The molecule has 26 heavy (non-hydrogen) atoms. The first-order valence-electron chi connectivity index (χ1n) is 8.45. The van der Waals surface area contributed by atoms with Gasteiger partial charge in [-0.3, -0.25) is 9.69 Å². The van der Waals surface area contributed by atoms with Gasteiger partial charge >= 0.3 is 0 Å². The van der Waals surface area contributed by atoms with Gasteiger partial charge in [-0.25, -0.2) is 0 Å². The van der Waals surface area contributed by atoms with E-state index in [-0.39, 0.29) is 22.5 Å². The maximum absolute atomic E-state index is 12.0. The van der Waals surface area contributed by atoms with E-state index in [1.807, 2.05) is 12.1 Å². The molecule has 1 aliphatic rings. The van der Waals surface area contributed by atoms with Crippen LogP contribution in [0.25, 0.3) is 11.1 Å². The fourth-order valence-corrected chi connectivity index (χ4v) is 3.15. The van der Waals surface area contributed by atoms with Gasteiger partial charge in [0.15, 0.2) is 0 Å². The number of benzene rings is 1. The fraction of sp³-hybridized carbons (Fsp3) is 0.316. The van der Waals surface area contributed by atoms with Gasteiger partial charge in [0.05, 0.1) is 0 Å². The molecule has 2 heterocycles. The molecule has 1 aromatic carbocycles. The summed E-state index contributed by atoms with van der Waals surface area (Å²) >= 11 is 0. The number of hydrogen-bond acceptors (Lipinski definition) is 6. The summed E-state index contributed by atoms with van der Waals surface area (Å²) in [7, 11) is 0. The number of nitrogens with one attached hydrogen (secondary N) is 1. The highest BCUT2D eigenvalue weighted by Crippen LogP contribution is 2.29. The second-order valence-electron chi connectivity index (χ2n) is 6.14. The Hall–Kier alpha value is -3.29. The molecular formula is C19H19N5O2. The van der Waals surface area contributed by atoms with Crippen LogP contribution in [0.5, 0.6) is 5.75 Å². The molecule has 3 rings (SSSR count). The number of ether oxygens (including phenoxy) is 1. The van der Waals surface area contributed by atoms with Gasteiger partial charge < -0.3 is 15.5 Å². The fourth-order valence-electron chi connectivity index (χ4n) is 3.15. The van der Waals surface area contributed by atoms with E-state index in [4.69, 9.17) is 10.5 Å². The van der Waals surface area contributed by atoms with Crippen molar-refractivity contribution in [2.24, 2.45) is 0 Å². The molecule has 0 atom stereocenters. The van der Waals surface area contributed by atoms with Crippen molar-refractivity contribution < 1.29 is 4.74 Å². The van der Waals surface area contributed by atoms with Crippen LogP contribution in [0.4, 0.5) is 5.82 Å². The molecule has 0 bridgehead atoms. The van der Waals surface area contributed by atoms with Gasteiger partial charge in [-0.15, -0.1) is 0 Å². The molecule has 0 spiro atoms. The second kappa shape index (κ2) is 7.73. The maximum Gasteiger partial charge on any atom is 0.268 e. The number of hydrogen-bond donors (Lipinski definition) is 2. The monoisotopic (exact) mass is 349 g/mol. The largest absolute Gasteiger partial charge is 0.492 e. The number of nitrogen functional groups attached to an aromatic ring is 1. The lowest BCUT2D eigenvalue weighted by atomic mass is 9.97. The number of nitrogens with zero attached hydrogens (tertiary/aromatic N) is 3. The minimum absolute atomic E-state index is 0.0440. The van der Waals surface area contributed by atoms with Crippen molar-refractivity contribution in [1.82, 2.24) is 9.88 Å². The first-order valence-corrected chi connectivity index (χ1v) is 8.45. The summed E-state index contributed by atoms with van der Waals surface area (Å²) in [5, 5.41) is 18.7. The number of H-pyrrole nitrogens is 1. The molecule has 1 aromatic heterocycles. The number of rotatable bonds is 5. The average Bonchev–Trinajstić information content (AvgIpc) is 3.15. The molecular weight excluding hydrogens is 330 g/mol. The third-order valence-corrected chi connectivity index (χ3v) is 4.49. The van der Waals surface area contributed by atoms with Crippen LogP contribution in [0.1, 0.15) is 24.0 Å². The summed E-state index contributed by atoms with van der Waals surface area (Å²) in [5.74, 6) is 0.653. The predicted octanol–water partition coefficient (Wildman–Crippen LogP) is 1.84. The van der Waals surface area contributed by atoms with E-state index in [9.17, 15) is 15.3 Å². The minimum Gasteiger partial charge on any atom is -0.492 e. The lowest BCUT2D eigenvalue weighted by Crippen LogP contribution is -2.25. The van der Waals surface area contributed by atoms with Crippen LogP contribution in [0.3, 0.4) is 0 Å². The van der Waals surface area contributed by atoms with Gasteiger partial charge in [-0.1, -0.05) is 12.1 Å². The Morgan fingerprint density at radius 1 is 1.12 bits per heavy atom. The van der Waals surface area contributed by atoms with Crippen molar-refractivity contribution in [3.63, 3.8) is 0 Å². The summed E-state index contributed by atoms with van der Waals surface area (Å²) in [6.07, 6.45) is 2.49. The molecule has 0 unspecified atom stereocenters. The number of pyridine rings is 1. The Kier molecular flexibility index (Phi) is 5.21. The summed E-state index contributed by atoms with van der Waals surface area (Å²) in [5.41, 5.74) is 5.91. The molecule has 7 heteroatoms. The Bertz CT molecular complexity index is 929. The van der Waals surface area contributed by atoms with Crippen LogP contribution in [-0.4, -0.2) is 36.1 Å². The van der Waals surface area contributed by atoms with Crippen molar-refractivity contribution in [3.8, 4) is 29.0 Å². The summed E-state index contributed by atoms with van der Waals surface area (Å²) < 4.78 is 5.76. The Labute approximate surface area is 151 Å². The summed E-state index contributed by atoms with van der Waals surface area (Å²) in [4.78, 5) is 16.7. The van der Waals surface area contributed by atoms with Crippen molar-refractivity contribution in [2.45, 2.75) is 12.8 Å². The average molecular weight is 349 g/mol. The SMILES string of the molecule is N#Cc1c(N)[nH]c(=O)c(C#N)c1-c1ccc(OCCN2CCCC2)cc1. The zero-order valence-corrected chi connectivity index (χ0v) is 14.3. The zero-order valence-electron chi connectivity index (χ0n) is 14.3. The number of aromatic amines is 1. The van der Waals surface area contributed by atoms with Crippen LogP contribution in [-0.2, 0) is 0 Å². The Balaban J connectivity index is 1.81. The quantitative estimate of drug-likeness (QED) is 0.850. The van der Waals surface area contributed by atoms with Gasteiger partial charge in [0, 0.05) is 12.1 Å². The highest BCUT2D eigenvalue weighted by atomic mass is 16.5. The molecule has 0 saturated carbocycles. The van der Waals surface area contributed by atoms with E-state index in [1.165, 1.54) is 12.8 Å². The maximum atomic E-state index is 12.0. The molecule has 1 fully saturated rings. The molecule has 3 N–H and O–H groups in total. The molecule has 0 aliphatic carbocycles. The van der Waals surface area contributed by atoms with Crippen LogP contribution < -0.4 is 16.0 Å². The minimum atomic E-state index is -0.607. The number of aromatic nitrogens is 1. The first kappa shape index (κ1) is 17.5. The van der Waals surface area contributed by atoms with Crippen LogP contribution in [0, 0.1) is 22.7 Å². The number of nitrogens with two attached hydrogens (primary N) is 1. The van der Waals surface area contributed by atoms with Gasteiger partial charge in [-0.2, -0.15) is 10.5 Å². The Morgan fingerprint density at radius 2 is 1.77 bits per heavy atom. The Morgan fingerprint density at radius 3 is 2.38 bits per heavy atom. The third-order valence-electron chi connectivity index (χ3n) is 4.49. The predicted molar refractivity (Wildman–Crippen MR) is 97.5 cm³/mol. The lowest BCUT2D eigenvalue weighted by molar-refractivity contribution is 0.238. The molecule has 7 nitrogen and oxygen atoms in total. The first-order chi connectivity index (χ1) is 12.6. The molecule has 0 radical (unpaired) electrons. The van der Waals surface area contributed by atoms with Gasteiger partial charge in [0.2, 0.25) is 0 Å². The standard InChI is InChI=1S/C19H19N5O2/c20-11-15-17(16(12-21)19(25)23-18(15)22)13-3-5-14(6-4-13)26-10-9-24-7-1-2-8-24/h3-6H,1-2,7-10H2,(H3,22,23,25). The van der Waals surface area contributed by atoms with Crippen molar-refractivity contribution >= 4 is 5.82 Å².